The molecule has 2 rings (SSSR count). The molecule has 0 saturated carbocycles. The Morgan fingerprint density at radius 1 is 1.14 bits per heavy atom. The van der Waals surface area contributed by atoms with Crippen LogP contribution in [0.1, 0.15) is 5.56 Å². The van der Waals surface area contributed by atoms with E-state index >= 15 is 0 Å². The van der Waals surface area contributed by atoms with Crippen molar-refractivity contribution in [2.45, 2.75) is 11.3 Å². The van der Waals surface area contributed by atoms with Gasteiger partial charge in [-0.05, 0) is 35.9 Å². The van der Waals surface area contributed by atoms with Gasteiger partial charge in [0.15, 0.2) is 9.84 Å². The highest BCUT2D eigenvalue weighted by Gasteiger charge is 2.09. The maximum atomic E-state index is 12.0. The lowest BCUT2D eigenvalue weighted by molar-refractivity contribution is -0.115. The summed E-state index contributed by atoms with van der Waals surface area (Å²) in [6.45, 7) is 0. The molecule has 0 aliphatic heterocycles. The lowest BCUT2D eigenvalue weighted by Gasteiger charge is -2.07. The number of carbonyl (C=O) groups is 1. The maximum absolute atomic E-state index is 12.0. The molecule has 1 N–H and O–H groups in total. The Balaban J connectivity index is 2.08. The van der Waals surface area contributed by atoms with Crippen LogP contribution in [0.25, 0.3) is 0 Å². The Kier molecular flexibility index (Phi) is 4.80. The average Bonchev–Trinajstić information content (AvgIpc) is 2.41. The average molecular weight is 368 g/mol. The zero-order valence-electron chi connectivity index (χ0n) is 11.3. The van der Waals surface area contributed by atoms with E-state index in [-0.39, 0.29) is 17.2 Å². The van der Waals surface area contributed by atoms with Crippen LogP contribution in [0, 0.1) is 0 Å². The molecule has 110 valence electrons. The minimum absolute atomic E-state index is 0.184. The van der Waals surface area contributed by atoms with E-state index in [0.717, 1.165) is 16.3 Å². The molecule has 0 aliphatic carbocycles. The van der Waals surface area contributed by atoms with Crippen molar-refractivity contribution in [2.24, 2.45) is 0 Å². The van der Waals surface area contributed by atoms with E-state index in [9.17, 15) is 13.2 Å². The van der Waals surface area contributed by atoms with Crippen LogP contribution in [0.15, 0.2) is 57.9 Å². The van der Waals surface area contributed by atoms with Crippen molar-refractivity contribution in [3.8, 4) is 0 Å². The molecule has 0 aromatic heterocycles. The van der Waals surface area contributed by atoms with E-state index in [2.05, 4.69) is 21.2 Å². The van der Waals surface area contributed by atoms with Crippen molar-refractivity contribution in [3.05, 3.63) is 58.6 Å². The monoisotopic (exact) mass is 367 g/mol. The lowest BCUT2D eigenvalue weighted by Crippen LogP contribution is -2.14. The number of anilines is 1. The van der Waals surface area contributed by atoms with Crippen LogP contribution >= 0.6 is 15.9 Å². The van der Waals surface area contributed by atoms with Gasteiger partial charge >= 0.3 is 0 Å². The molecule has 21 heavy (non-hydrogen) atoms. The minimum atomic E-state index is -3.28. The van der Waals surface area contributed by atoms with Crippen LogP contribution in [0.4, 0.5) is 5.69 Å². The molecule has 0 atom stereocenters. The number of nitrogens with one attached hydrogen (secondary N) is 1. The van der Waals surface area contributed by atoms with E-state index in [1.807, 2.05) is 24.3 Å². The summed E-state index contributed by atoms with van der Waals surface area (Å²) in [6, 6.07) is 13.7. The molecule has 1 amide bonds. The molecular weight excluding hydrogens is 354 g/mol. The second kappa shape index (κ2) is 6.41. The summed E-state index contributed by atoms with van der Waals surface area (Å²) < 4.78 is 23.9. The standard InChI is InChI=1S/C15H14BrNO3S/c1-21(19,20)14-4-2-3-13(10-14)17-15(18)9-11-5-7-12(16)8-6-11/h2-8,10H,9H2,1H3,(H,17,18). The predicted molar refractivity (Wildman–Crippen MR) is 86.0 cm³/mol. The van der Waals surface area contributed by atoms with Gasteiger partial charge in [0.05, 0.1) is 11.3 Å². The van der Waals surface area contributed by atoms with Crippen molar-refractivity contribution < 1.29 is 13.2 Å². The van der Waals surface area contributed by atoms with E-state index in [1.165, 1.54) is 12.1 Å². The first kappa shape index (κ1) is 15.7. The molecule has 0 radical (unpaired) electrons. The molecule has 0 bridgehead atoms. The number of hydrogen-bond acceptors (Lipinski definition) is 3. The zero-order valence-corrected chi connectivity index (χ0v) is 13.7. The number of halogens is 1. The topological polar surface area (TPSA) is 63.2 Å². The summed E-state index contributed by atoms with van der Waals surface area (Å²) in [7, 11) is -3.28. The van der Waals surface area contributed by atoms with Gasteiger partial charge in [0.2, 0.25) is 5.91 Å². The Morgan fingerprint density at radius 2 is 1.81 bits per heavy atom. The Morgan fingerprint density at radius 3 is 2.43 bits per heavy atom. The molecule has 0 heterocycles. The number of sulfone groups is 1. The Hall–Kier alpha value is -1.66. The molecule has 0 unspecified atom stereocenters. The third-order valence-corrected chi connectivity index (χ3v) is 4.46. The molecule has 2 aromatic carbocycles. The smallest absolute Gasteiger partial charge is 0.228 e. The first-order chi connectivity index (χ1) is 9.84. The van der Waals surface area contributed by atoms with Crippen molar-refractivity contribution in [1.82, 2.24) is 0 Å². The fourth-order valence-electron chi connectivity index (χ4n) is 1.80. The summed E-state index contributed by atoms with van der Waals surface area (Å²) in [5.74, 6) is -0.192. The fraction of sp³-hybridized carbons (Fsp3) is 0.133. The summed E-state index contributed by atoms with van der Waals surface area (Å²) in [5.41, 5.74) is 1.36. The van der Waals surface area contributed by atoms with E-state index in [0.29, 0.717) is 5.69 Å². The molecule has 0 fully saturated rings. The van der Waals surface area contributed by atoms with Gasteiger partial charge in [-0.3, -0.25) is 4.79 Å². The SMILES string of the molecule is CS(=O)(=O)c1cccc(NC(=O)Cc2ccc(Br)cc2)c1. The van der Waals surface area contributed by atoms with Crippen LogP contribution in [-0.4, -0.2) is 20.6 Å². The molecular formula is C15H14BrNO3S. The number of benzene rings is 2. The fourth-order valence-corrected chi connectivity index (χ4v) is 2.73. The number of carbonyl (C=O) groups excluding carboxylic acids is 1. The normalized spacial score (nSPS) is 11.1. The first-order valence-corrected chi connectivity index (χ1v) is 8.87. The van der Waals surface area contributed by atoms with E-state index in [1.54, 1.807) is 12.1 Å². The number of hydrogen-bond donors (Lipinski definition) is 1. The summed E-state index contributed by atoms with van der Waals surface area (Å²) in [6.07, 6.45) is 1.37. The van der Waals surface area contributed by atoms with Crippen LogP contribution < -0.4 is 5.32 Å². The van der Waals surface area contributed by atoms with E-state index < -0.39 is 9.84 Å². The molecule has 0 aliphatic rings. The van der Waals surface area contributed by atoms with Gasteiger partial charge in [0.25, 0.3) is 0 Å². The Labute approximate surface area is 132 Å². The van der Waals surface area contributed by atoms with Gasteiger partial charge < -0.3 is 5.32 Å². The van der Waals surface area contributed by atoms with Crippen molar-refractivity contribution in [2.75, 3.05) is 11.6 Å². The zero-order chi connectivity index (χ0) is 15.5. The summed E-state index contributed by atoms with van der Waals surface area (Å²) in [4.78, 5) is 12.1. The van der Waals surface area contributed by atoms with Gasteiger partial charge in [0, 0.05) is 16.4 Å². The molecule has 6 heteroatoms. The largest absolute Gasteiger partial charge is 0.326 e. The third-order valence-electron chi connectivity index (χ3n) is 2.82. The maximum Gasteiger partial charge on any atom is 0.228 e. The summed E-state index contributed by atoms with van der Waals surface area (Å²) in [5, 5.41) is 2.70. The van der Waals surface area contributed by atoms with Gasteiger partial charge in [-0.1, -0.05) is 34.1 Å². The highest BCUT2D eigenvalue weighted by atomic mass is 79.9. The van der Waals surface area contributed by atoms with Crippen molar-refractivity contribution >= 4 is 37.4 Å². The highest BCUT2D eigenvalue weighted by Crippen LogP contribution is 2.16. The van der Waals surface area contributed by atoms with Gasteiger partial charge in [0.1, 0.15) is 0 Å². The quantitative estimate of drug-likeness (QED) is 0.902. The second-order valence-corrected chi connectivity index (χ2v) is 7.58. The molecule has 4 nitrogen and oxygen atoms in total. The Bertz CT molecular complexity index is 755. The second-order valence-electron chi connectivity index (χ2n) is 4.65. The van der Waals surface area contributed by atoms with Crippen LogP contribution in [0.5, 0.6) is 0 Å². The minimum Gasteiger partial charge on any atom is -0.326 e. The third kappa shape index (κ3) is 4.68. The van der Waals surface area contributed by atoms with E-state index in [4.69, 9.17) is 0 Å². The molecule has 2 aromatic rings. The van der Waals surface area contributed by atoms with Gasteiger partial charge in [-0.25, -0.2) is 8.42 Å². The molecule has 0 spiro atoms. The van der Waals surface area contributed by atoms with Gasteiger partial charge in [-0.15, -0.1) is 0 Å². The van der Waals surface area contributed by atoms with Crippen molar-refractivity contribution in [3.63, 3.8) is 0 Å². The number of rotatable bonds is 4. The van der Waals surface area contributed by atoms with Crippen molar-refractivity contribution in [1.29, 1.82) is 0 Å². The van der Waals surface area contributed by atoms with Crippen LogP contribution in [0.3, 0.4) is 0 Å². The summed E-state index contributed by atoms with van der Waals surface area (Å²) >= 11 is 3.33. The van der Waals surface area contributed by atoms with Crippen LogP contribution in [-0.2, 0) is 21.1 Å². The highest BCUT2D eigenvalue weighted by molar-refractivity contribution is 9.10. The van der Waals surface area contributed by atoms with Crippen LogP contribution in [0.2, 0.25) is 0 Å². The predicted octanol–water partition coefficient (Wildman–Crippen LogP) is 3.03. The number of amides is 1. The first-order valence-electron chi connectivity index (χ1n) is 6.19. The van der Waals surface area contributed by atoms with Gasteiger partial charge in [-0.2, -0.15) is 0 Å². The lowest BCUT2D eigenvalue weighted by atomic mass is 10.1. The molecule has 0 saturated heterocycles.